The number of hydrogen-bond donors (Lipinski definition) is 2. The van der Waals surface area contributed by atoms with E-state index in [9.17, 15) is 9.90 Å². The first-order chi connectivity index (χ1) is 8.22. The topological polar surface area (TPSA) is 67.8 Å². The molecule has 0 aromatic heterocycles. The lowest BCUT2D eigenvalue weighted by Crippen LogP contribution is -2.34. The van der Waals surface area contributed by atoms with Gasteiger partial charge >= 0.3 is 6.09 Å². The zero-order chi connectivity index (χ0) is 12.5. The van der Waals surface area contributed by atoms with Gasteiger partial charge in [0.1, 0.15) is 6.61 Å². The highest BCUT2D eigenvalue weighted by Gasteiger charge is 2.07. The lowest BCUT2D eigenvalue weighted by atomic mass is 10.2. The third kappa shape index (κ3) is 5.89. The van der Waals surface area contributed by atoms with Crippen LogP contribution >= 0.6 is 0 Å². The molecule has 1 amide bonds. The van der Waals surface area contributed by atoms with Crippen LogP contribution in [0.2, 0.25) is 0 Å². The quantitative estimate of drug-likeness (QED) is 0.774. The summed E-state index contributed by atoms with van der Waals surface area (Å²) in [6.45, 7) is 0.507. The number of ether oxygens (including phenoxy) is 2. The monoisotopic (exact) mass is 239 g/mol. The summed E-state index contributed by atoms with van der Waals surface area (Å²) < 4.78 is 9.68. The van der Waals surface area contributed by atoms with Gasteiger partial charge in [-0.2, -0.15) is 0 Å². The van der Waals surface area contributed by atoms with Crippen LogP contribution in [-0.4, -0.2) is 37.6 Å². The van der Waals surface area contributed by atoms with E-state index in [2.05, 4.69) is 5.32 Å². The Morgan fingerprint density at radius 3 is 2.76 bits per heavy atom. The van der Waals surface area contributed by atoms with Crippen LogP contribution in [0.4, 0.5) is 4.79 Å². The molecule has 0 aliphatic heterocycles. The molecule has 1 aromatic carbocycles. The maximum absolute atomic E-state index is 11.2. The van der Waals surface area contributed by atoms with Crippen molar-refractivity contribution in [2.75, 3.05) is 20.3 Å². The van der Waals surface area contributed by atoms with Crippen molar-refractivity contribution in [1.82, 2.24) is 5.32 Å². The lowest BCUT2D eigenvalue weighted by molar-refractivity contribution is 0.0618. The molecule has 0 saturated heterocycles. The molecule has 5 nitrogen and oxygen atoms in total. The molecule has 0 aliphatic carbocycles. The van der Waals surface area contributed by atoms with Crippen molar-refractivity contribution in [3.8, 4) is 0 Å². The lowest BCUT2D eigenvalue weighted by Gasteiger charge is -2.11. The minimum Gasteiger partial charge on any atom is -0.445 e. The van der Waals surface area contributed by atoms with Gasteiger partial charge in [0, 0.05) is 13.7 Å². The Kier molecular flexibility index (Phi) is 6.06. The van der Waals surface area contributed by atoms with Gasteiger partial charge < -0.3 is 19.9 Å². The zero-order valence-corrected chi connectivity index (χ0v) is 9.76. The molecule has 2 N–H and O–H groups in total. The Bertz CT molecular complexity index is 329. The summed E-state index contributed by atoms with van der Waals surface area (Å²) in [4.78, 5) is 11.2. The number of benzene rings is 1. The van der Waals surface area contributed by atoms with Crippen LogP contribution in [-0.2, 0) is 16.1 Å². The Labute approximate surface area is 100 Å². The predicted molar refractivity (Wildman–Crippen MR) is 62.5 cm³/mol. The SMILES string of the molecule is COCC(O)CNC(=O)OCc1ccccc1. The zero-order valence-electron chi connectivity index (χ0n) is 9.76. The maximum Gasteiger partial charge on any atom is 0.407 e. The van der Waals surface area contributed by atoms with Gasteiger partial charge in [-0.3, -0.25) is 0 Å². The van der Waals surface area contributed by atoms with Crippen molar-refractivity contribution < 1.29 is 19.4 Å². The van der Waals surface area contributed by atoms with Gasteiger partial charge in [0.05, 0.1) is 12.7 Å². The molecule has 1 unspecified atom stereocenters. The van der Waals surface area contributed by atoms with Crippen LogP contribution < -0.4 is 5.32 Å². The molecule has 0 heterocycles. The number of alkyl carbamates (subject to hydrolysis) is 1. The number of aliphatic hydroxyl groups excluding tert-OH is 1. The first kappa shape index (κ1) is 13.5. The summed E-state index contributed by atoms with van der Waals surface area (Å²) >= 11 is 0. The first-order valence-electron chi connectivity index (χ1n) is 5.34. The number of amides is 1. The number of aliphatic hydroxyl groups is 1. The highest BCUT2D eigenvalue weighted by atomic mass is 16.5. The van der Waals surface area contributed by atoms with E-state index < -0.39 is 12.2 Å². The van der Waals surface area contributed by atoms with Gasteiger partial charge in [-0.05, 0) is 5.56 Å². The van der Waals surface area contributed by atoms with Crippen LogP contribution in [0.3, 0.4) is 0 Å². The number of nitrogens with one attached hydrogen (secondary N) is 1. The normalized spacial score (nSPS) is 11.9. The number of carbonyl (C=O) groups is 1. The van der Waals surface area contributed by atoms with E-state index in [4.69, 9.17) is 9.47 Å². The maximum atomic E-state index is 11.2. The summed E-state index contributed by atoms with van der Waals surface area (Å²) in [6.07, 6.45) is -1.27. The second-order valence-corrected chi connectivity index (χ2v) is 3.55. The Morgan fingerprint density at radius 1 is 1.41 bits per heavy atom. The van der Waals surface area contributed by atoms with Crippen molar-refractivity contribution >= 4 is 6.09 Å². The van der Waals surface area contributed by atoms with Crippen molar-refractivity contribution in [3.05, 3.63) is 35.9 Å². The van der Waals surface area contributed by atoms with Crippen LogP contribution in [0.5, 0.6) is 0 Å². The minimum atomic E-state index is -0.718. The fourth-order valence-corrected chi connectivity index (χ4v) is 1.23. The molecule has 0 aliphatic rings. The molecule has 0 bridgehead atoms. The fraction of sp³-hybridized carbons (Fsp3) is 0.417. The van der Waals surface area contributed by atoms with Crippen LogP contribution in [0.1, 0.15) is 5.56 Å². The summed E-state index contributed by atoms with van der Waals surface area (Å²) in [5.74, 6) is 0. The van der Waals surface area contributed by atoms with Gasteiger partial charge in [0.2, 0.25) is 0 Å². The van der Waals surface area contributed by atoms with Gasteiger partial charge in [-0.1, -0.05) is 30.3 Å². The molecular weight excluding hydrogens is 222 g/mol. The van der Waals surface area contributed by atoms with Crippen molar-refractivity contribution in [3.63, 3.8) is 0 Å². The van der Waals surface area contributed by atoms with E-state index in [0.717, 1.165) is 5.56 Å². The summed E-state index contributed by atoms with van der Waals surface area (Å²) in [7, 11) is 1.48. The van der Waals surface area contributed by atoms with Crippen LogP contribution in [0, 0.1) is 0 Å². The highest BCUT2D eigenvalue weighted by molar-refractivity contribution is 5.67. The van der Waals surface area contributed by atoms with E-state index in [1.54, 1.807) is 0 Å². The minimum absolute atomic E-state index is 0.113. The molecular formula is C12H17NO4. The van der Waals surface area contributed by atoms with Crippen LogP contribution in [0.15, 0.2) is 30.3 Å². The fourth-order valence-electron chi connectivity index (χ4n) is 1.23. The van der Waals surface area contributed by atoms with E-state index in [1.165, 1.54) is 7.11 Å². The molecule has 94 valence electrons. The van der Waals surface area contributed by atoms with E-state index in [1.807, 2.05) is 30.3 Å². The second kappa shape index (κ2) is 7.65. The Hall–Kier alpha value is -1.59. The van der Waals surface area contributed by atoms with E-state index in [0.29, 0.717) is 0 Å². The standard InChI is InChI=1S/C12H17NO4/c1-16-9-11(14)7-13-12(15)17-8-10-5-3-2-4-6-10/h2-6,11,14H,7-9H2,1H3,(H,13,15). The largest absolute Gasteiger partial charge is 0.445 e. The van der Waals surface area contributed by atoms with Gasteiger partial charge in [-0.25, -0.2) is 4.79 Å². The van der Waals surface area contributed by atoms with E-state index in [-0.39, 0.29) is 19.8 Å². The van der Waals surface area contributed by atoms with Crippen molar-refractivity contribution in [2.24, 2.45) is 0 Å². The smallest absolute Gasteiger partial charge is 0.407 e. The second-order valence-electron chi connectivity index (χ2n) is 3.55. The average Bonchev–Trinajstić information content (AvgIpc) is 2.35. The summed E-state index contributed by atoms with van der Waals surface area (Å²) in [6, 6.07) is 9.38. The van der Waals surface area contributed by atoms with Crippen molar-refractivity contribution in [2.45, 2.75) is 12.7 Å². The highest BCUT2D eigenvalue weighted by Crippen LogP contribution is 2.00. The molecule has 1 rings (SSSR count). The van der Waals surface area contributed by atoms with Crippen molar-refractivity contribution in [1.29, 1.82) is 0 Å². The molecule has 1 aromatic rings. The van der Waals surface area contributed by atoms with Crippen LogP contribution in [0.25, 0.3) is 0 Å². The third-order valence-electron chi connectivity index (χ3n) is 2.05. The first-order valence-corrected chi connectivity index (χ1v) is 5.34. The number of carbonyl (C=O) groups excluding carboxylic acids is 1. The predicted octanol–water partition coefficient (Wildman–Crippen LogP) is 0.920. The number of hydrogen-bond acceptors (Lipinski definition) is 4. The van der Waals surface area contributed by atoms with Gasteiger partial charge in [0.25, 0.3) is 0 Å². The van der Waals surface area contributed by atoms with Gasteiger partial charge in [0.15, 0.2) is 0 Å². The van der Waals surface area contributed by atoms with E-state index >= 15 is 0 Å². The molecule has 0 spiro atoms. The molecule has 1 atom stereocenters. The third-order valence-corrected chi connectivity index (χ3v) is 2.05. The number of methoxy groups -OCH3 is 1. The summed E-state index contributed by atoms with van der Waals surface area (Å²) in [5.41, 5.74) is 0.917. The summed E-state index contributed by atoms with van der Waals surface area (Å²) in [5, 5.41) is 11.7. The molecule has 17 heavy (non-hydrogen) atoms. The van der Waals surface area contributed by atoms with Gasteiger partial charge in [-0.15, -0.1) is 0 Å². The Balaban J connectivity index is 2.17. The average molecular weight is 239 g/mol. The molecule has 0 radical (unpaired) electrons. The molecule has 5 heteroatoms. The molecule has 0 saturated carbocycles. The number of rotatable bonds is 6. The Morgan fingerprint density at radius 2 is 2.12 bits per heavy atom. The molecule has 0 fully saturated rings.